The van der Waals surface area contributed by atoms with Crippen LogP contribution < -0.4 is 0 Å². The van der Waals surface area contributed by atoms with Gasteiger partial charge in [-0.25, -0.2) is 0 Å². The number of fused-ring (bicyclic) bond motifs is 4. The zero-order valence-corrected chi connectivity index (χ0v) is 14.1. The molecule has 0 atom stereocenters. The summed E-state index contributed by atoms with van der Waals surface area (Å²) in [6.45, 7) is 2.21. The van der Waals surface area contributed by atoms with Crippen LogP contribution in [0.2, 0.25) is 0 Å². The molecule has 0 unspecified atom stereocenters. The van der Waals surface area contributed by atoms with E-state index in [4.69, 9.17) is 4.42 Å². The van der Waals surface area contributed by atoms with Crippen LogP contribution in [0.4, 0.5) is 0 Å². The van der Waals surface area contributed by atoms with E-state index >= 15 is 0 Å². The summed E-state index contributed by atoms with van der Waals surface area (Å²) in [4.78, 5) is 0. The average Bonchev–Trinajstić information content (AvgIpc) is 3.05. The van der Waals surface area contributed by atoms with E-state index in [-0.39, 0.29) is 0 Å². The Balaban J connectivity index is 1.81. The topological polar surface area (TPSA) is 13.1 Å². The third-order valence-corrected chi connectivity index (χ3v) is 5.08. The predicted molar refractivity (Wildman–Crippen MR) is 106 cm³/mol. The van der Waals surface area contributed by atoms with E-state index in [1.165, 1.54) is 38.2 Å². The summed E-state index contributed by atoms with van der Waals surface area (Å²) in [5, 5.41) is 5.01. The van der Waals surface area contributed by atoms with Crippen molar-refractivity contribution in [1.82, 2.24) is 0 Å². The molecule has 25 heavy (non-hydrogen) atoms. The normalized spacial score (nSPS) is 11.6. The molecule has 1 heteroatoms. The fourth-order valence-electron chi connectivity index (χ4n) is 3.82. The fourth-order valence-corrected chi connectivity index (χ4v) is 3.82. The first-order chi connectivity index (χ1) is 12.3. The molecule has 0 saturated heterocycles. The maximum atomic E-state index is 5.97. The molecule has 5 aromatic rings. The van der Waals surface area contributed by atoms with Gasteiger partial charge in [0.25, 0.3) is 0 Å². The lowest BCUT2D eigenvalue weighted by Gasteiger charge is -2.10. The van der Waals surface area contributed by atoms with E-state index in [2.05, 4.69) is 73.7 Å². The molecule has 0 aliphatic carbocycles. The summed E-state index contributed by atoms with van der Waals surface area (Å²) < 4.78 is 5.97. The van der Waals surface area contributed by atoms with E-state index in [0.29, 0.717) is 0 Å². The summed E-state index contributed by atoms with van der Waals surface area (Å²) in [5.41, 5.74) is 5.80. The molecule has 1 nitrogen and oxygen atoms in total. The molecule has 0 aliphatic heterocycles. The molecule has 0 amide bonds. The van der Waals surface area contributed by atoms with Gasteiger partial charge < -0.3 is 4.42 Å². The predicted octanol–water partition coefficient (Wildman–Crippen LogP) is 6.97. The Kier molecular flexibility index (Phi) is 3.14. The summed E-state index contributed by atoms with van der Waals surface area (Å²) >= 11 is 0. The molecule has 120 valence electrons. The standard InChI is InChI=1S/C24H18O/c1-2-16-11-13-19(20-8-4-3-7-18(16)20)17-12-14-24-22(15-17)21-9-5-6-10-23(21)25-24/h3-15H,2H2,1H3. The Labute approximate surface area is 146 Å². The van der Waals surface area contributed by atoms with E-state index in [9.17, 15) is 0 Å². The van der Waals surface area contributed by atoms with Gasteiger partial charge in [-0.15, -0.1) is 0 Å². The molecule has 5 rings (SSSR count). The number of furan rings is 1. The second-order valence-corrected chi connectivity index (χ2v) is 6.48. The largest absolute Gasteiger partial charge is 0.456 e. The Bertz CT molecular complexity index is 1230. The number of para-hydroxylation sites is 1. The van der Waals surface area contributed by atoms with Crippen LogP contribution in [0.25, 0.3) is 43.8 Å². The highest BCUT2D eigenvalue weighted by molar-refractivity contribution is 6.07. The van der Waals surface area contributed by atoms with Gasteiger partial charge in [-0.3, -0.25) is 0 Å². The van der Waals surface area contributed by atoms with Gasteiger partial charge in [0.1, 0.15) is 11.2 Å². The Morgan fingerprint density at radius 1 is 0.640 bits per heavy atom. The Morgan fingerprint density at radius 3 is 2.20 bits per heavy atom. The lowest BCUT2D eigenvalue weighted by atomic mass is 9.93. The third-order valence-electron chi connectivity index (χ3n) is 5.08. The number of hydrogen-bond donors (Lipinski definition) is 0. The Hall–Kier alpha value is -3.06. The first-order valence-corrected chi connectivity index (χ1v) is 8.77. The zero-order valence-electron chi connectivity index (χ0n) is 14.1. The van der Waals surface area contributed by atoms with Crippen LogP contribution in [-0.4, -0.2) is 0 Å². The van der Waals surface area contributed by atoms with Crippen molar-refractivity contribution in [3.8, 4) is 11.1 Å². The molecule has 0 aliphatic rings. The maximum Gasteiger partial charge on any atom is 0.135 e. The Morgan fingerprint density at radius 2 is 1.36 bits per heavy atom. The molecular formula is C24H18O. The van der Waals surface area contributed by atoms with Gasteiger partial charge >= 0.3 is 0 Å². The third kappa shape index (κ3) is 2.16. The van der Waals surface area contributed by atoms with Crippen molar-refractivity contribution in [2.24, 2.45) is 0 Å². The zero-order chi connectivity index (χ0) is 16.8. The number of aryl methyl sites for hydroxylation is 1. The molecule has 0 fully saturated rings. The molecule has 1 heterocycles. The highest BCUT2D eigenvalue weighted by atomic mass is 16.3. The van der Waals surface area contributed by atoms with Gasteiger partial charge in [0.2, 0.25) is 0 Å². The monoisotopic (exact) mass is 322 g/mol. The van der Waals surface area contributed by atoms with Crippen molar-refractivity contribution >= 4 is 32.7 Å². The van der Waals surface area contributed by atoms with Crippen LogP contribution in [0.1, 0.15) is 12.5 Å². The maximum absolute atomic E-state index is 5.97. The lowest BCUT2D eigenvalue weighted by molar-refractivity contribution is 0.669. The van der Waals surface area contributed by atoms with Crippen molar-refractivity contribution in [2.75, 3.05) is 0 Å². The molecule has 4 aromatic carbocycles. The van der Waals surface area contributed by atoms with Gasteiger partial charge in [0.15, 0.2) is 0 Å². The van der Waals surface area contributed by atoms with Crippen LogP contribution >= 0.6 is 0 Å². The van der Waals surface area contributed by atoms with Gasteiger partial charge in [0.05, 0.1) is 0 Å². The van der Waals surface area contributed by atoms with Gasteiger partial charge in [-0.05, 0) is 52.1 Å². The molecule has 0 saturated carbocycles. The smallest absolute Gasteiger partial charge is 0.135 e. The SMILES string of the molecule is CCc1ccc(-c2ccc3oc4ccccc4c3c2)c2ccccc12. The first-order valence-electron chi connectivity index (χ1n) is 8.77. The molecule has 0 spiro atoms. The minimum Gasteiger partial charge on any atom is -0.456 e. The van der Waals surface area contributed by atoms with Gasteiger partial charge in [-0.2, -0.15) is 0 Å². The van der Waals surface area contributed by atoms with Gasteiger partial charge in [0, 0.05) is 10.8 Å². The second-order valence-electron chi connectivity index (χ2n) is 6.48. The first kappa shape index (κ1) is 14.3. The number of benzene rings is 4. The van der Waals surface area contributed by atoms with E-state index < -0.39 is 0 Å². The number of rotatable bonds is 2. The van der Waals surface area contributed by atoms with Crippen molar-refractivity contribution in [3.05, 3.63) is 84.4 Å². The van der Waals surface area contributed by atoms with Crippen LogP contribution in [0.5, 0.6) is 0 Å². The van der Waals surface area contributed by atoms with Crippen LogP contribution in [-0.2, 0) is 6.42 Å². The average molecular weight is 322 g/mol. The van der Waals surface area contributed by atoms with Crippen LogP contribution in [0.15, 0.2) is 83.3 Å². The lowest BCUT2D eigenvalue weighted by Crippen LogP contribution is -1.87. The summed E-state index contributed by atoms with van der Waals surface area (Å²) in [6.07, 6.45) is 1.05. The summed E-state index contributed by atoms with van der Waals surface area (Å²) in [6, 6.07) is 28.0. The van der Waals surface area contributed by atoms with Gasteiger partial charge in [-0.1, -0.05) is 67.6 Å². The summed E-state index contributed by atoms with van der Waals surface area (Å²) in [5.74, 6) is 0. The molecular weight excluding hydrogens is 304 g/mol. The van der Waals surface area contributed by atoms with Crippen LogP contribution in [0.3, 0.4) is 0 Å². The molecule has 1 aromatic heterocycles. The van der Waals surface area contributed by atoms with E-state index in [1.54, 1.807) is 0 Å². The van der Waals surface area contributed by atoms with Crippen molar-refractivity contribution in [1.29, 1.82) is 0 Å². The highest BCUT2D eigenvalue weighted by Gasteiger charge is 2.10. The van der Waals surface area contributed by atoms with E-state index in [0.717, 1.165) is 17.6 Å². The summed E-state index contributed by atoms with van der Waals surface area (Å²) in [7, 11) is 0. The quantitative estimate of drug-likeness (QED) is 0.342. The minimum absolute atomic E-state index is 0.944. The van der Waals surface area contributed by atoms with Crippen molar-refractivity contribution in [3.63, 3.8) is 0 Å². The van der Waals surface area contributed by atoms with E-state index in [1.807, 2.05) is 12.1 Å². The number of hydrogen-bond acceptors (Lipinski definition) is 1. The molecule has 0 radical (unpaired) electrons. The van der Waals surface area contributed by atoms with Crippen LogP contribution in [0, 0.1) is 0 Å². The molecule has 0 N–H and O–H groups in total. The fraction of sp³-hybridized carbons (Fsp3) is 0.0833. The second kappa shape index (κ2) is 5.49. The van der Waals surface area contributed by atoms with Crippen molar-refractivity contribution < 1.29 is 4.42 Å². The highest BCUT2D eigenvalue weighted by Crippen LogP contribution is 2.35. The molecule has 0 bridgehead atoms. The minimum atomic E-state index is 0.944. The van der Waals surface area contributed by atoms with Crippen molar-refractivity contribution in [2.45, 2.75) is 13.3 Å².